The molecule has 1 aromatic heterocycles. The second-order valence-electron chi connectivity index (χ2n) is 9.70. The van der Waals surface area contributed by atoms with Crippen LogP contribution < -0.4 is 0 Å². The highest BCUT2D eigenvalue weighted by Crippen LogP contribution is 2.40. The van der Waals surface area contributed by atoms with E-state index < -0.39 is 0 Å². The molecule has 2 fully saturated rings. The number of benzene rings is 1. The third kappa shape index (κ3) is 3.96. The summed E-state index contributed by atoms with van der Waals surface area (Å²) in [5, 5.41) is 0. The predicted molar refractivity (Wildman–Crippen MR) is 119 cm³/mol. The number of aryl methyl sites for hydroxylation is 2. The Balaban J connectivity index is 1.27. The van der Waals surface area contributed by atoms with Crippen LogP contribution in [0.2, 0.25) is 0 Å². The van der Waals surface area contributed by atoms with Crippen molar-refractivity contribution in [1.29, 1.82) is 0 Å². The number of piperidine rings is 1. The van der Waals surface area contributed by atoms with Gasteiger partial charge in [0.1, 0.15) is 11.5 Å². The maximum Gasteiger partial charge on any atom is 0.258 e. The van der Waals surface area contributed by atoms with Gasteiger partial charge in [-0.2, -0.15) is 0 Å². The topological polar surface area (TPSA) is 53.8 Å². The molecule has 0 N–H and O–H groups in total. The van der Waals surface area contributed by atoms with Crippen molar-refractivity contribution in [3.63, 3.8) is 0 Å². The Morgan fingerprint density at radius 3 is 2.74 bits per heavy atom. The molecule has 1 spiro atoms. The van der Waals surface area contributed by atoms with Crippen LogP contribution in [0.5, 0.6) is 0 Å². The van der Waals surface area contributed by atoms with E-state index in [2.05, 4.69) is 35.2 Å². The molecule has 2 aliphatic heterocycles. The van der Waals surface area contributed by atoms with E-state index in [1.54, 1.807) is 0 Å². The lowest BCUT2D eigenvalue weighted by Gasteiger charge is -2.40. The Morgan fingerprint density at radius 2 is 1.90 bits per heavy atom. The van der Waals surface area contributed by atoms with Crippen LogP contribution in [-0.4, -0.2) is 54.2 Å². The van der Waals surface area contributed by atoms with E-state index in [1.165, 1.54) is 18.4 Å². The molecule has 3 heterocycles. The molecule has 164 valence electrons. The largest absolute Gasteiger partial charge is 0.465 e. The minimum Gasteiger partial charge on any atom is -0.465 e. The Bertz CT molecular complexity index is 980. The molecule has 3 aliphatic rings. The lowest BCUT2D eigenvalue weighted by Crippen LogP contribution is -2.46. The van der Waals surface area contributed by atoms with Gasteiger partial charge >= 0.3 is 0 Å². The van der Waals surface area contributed by atoms with Gasteiger partial charge in [-0.25, -0.2) is 0 Å². The van der Waals surface area contributed by atoms with Crippen LogP contribution in [0, 0.1) is 12.3 Å². The van der Waals surface area contributed by atoms with E-state index in [0.717, 1.165) is 64.2 Å². The highest BCUT2D eigenvalue weighted by atomic mass is 16.3. The highest BCUT2D eigenvalue weighted by Gasteiger charge is 2.44. The summed E-state index contributed by atoms with van der Waals surface area (Å²) >= 11 is 0. The van der Waals surface area contributed by atoms with Gasteiger partial charge in [0.05, 0.1) is 11.1 Å². The van der Waals surface area contributed by atoms with Crippen LogP contribution in [0.15, 0.2) is 34.7 Å². The number of hydrogen-bond donors (Lipinski definition) is 0. The molecule has 5 rings (SSSR count). The standard InChI is InChI=1S/C26H32N2O3/c1-19-23(24-21(29)9-5-10-22(24)31-19)25(30)28-16-13-26(18-28)12-6-14-27(17-26)15-11-20-7-3-2-4-8-20/h2-4,7-8H,5-6,9-18H2,1H3/t26-/m1/s1. The van der Waals surface area contributed by atoms with Crippen molar-refractivity contribution in [2.24, 2.45) is 5.41 Å². The monoisotopic (exact) mass is 420 g/mol. The summed E-state index contributed by atoms with van der Waals surface area (Å²) in [5.74, 6) is 1.39. The molecule has 5 heteroatoms. The van der Waals surface area contributed by atoms with E-state index in [0.29, 0.717) is 23.3 Å². The fourth-order valence-corrected chi connectivity index (χ4v) is 5.90. The second kappa shape index (κ2) is 8.27. The minimum atomic E-state index is -0.00367. The molecule has 1 aromatic carbocycles. The van der Waals surface area contributed by atoms with Gasteiger partial charge in [0.2, 0.25) is 0 Å². The number of carbonyl (C=O) groups is 2. The molecule has 1 aliphatic carbocycles. The molecule has 1 amide bonds. The van der Waals surface area contributed by atoms with Gasteiger partial charge in [0.15, 0.2) is 5.78 Å². The molecule has 2 saturated heterocycles. The Hall–Kier alpha value is -2.40. The van der Waals surface area contributed by atoms with E-state index in [4.69, 9.17) is 4.42 Å². The summed E-state index contributed by atoms with van der Waals surface area (Å²) in [6.07, 6.45) is 6.59. The smallest absolute Gasteiger partial charge is 0.258 e. The molecule has 31 heavy (non-hydrogen) atoms. The Kier molecular flexibility index (Phi) is 5.47. The highest BCUT2D eigenvalue weighted by molar-refractivity contribution is 6.10. The van der Waals surface area contributed by atoms with Gasteiger partial charge in [0, 0.05) is 44.4 Å². The van der Waals surface area contributed by atoms with Gasteiger partial charge in [-0.3, -0.25) is 9.59 Å². The van der Waals surface area contributed by atoms with E-state index in [9.17, 15) is 9.59 Å². The van der Waals surface area contributed by atoms with Gasteiger partial charge in [-0.15, -0.1) is 0 Å². The number of likely N-dealkylation sites (tertiary alicyclic amines) is 2. The van der Waals surface area contributed by atoms with Gasteiger partial charge in [-0.05, 0) is 51.1 Å². The summed E-state index contributed by atoms with van der Waals surface area (Å²) in [5.41, 5.74) is 2.68. The number of rotatable bonds is 4. The number of carbonyl (C=O) groups excluding carboxylic acids is 2. The molecule has 2 aromatic rings. The lowest BCUT2D eigenvalue weighted by molar-refractivity contribution is 0.0687. The average molecular weight is 421 g/mol. The zero-order valence-electron chi connectivity index (χ0n) is 18.5. The first-order valence-electron chi connectivity index (χ1n) is 11.8. The lowest BCUT2D eigenvalue weighted by atomic mass is 9.79. The number of amides is 1. The van der Waals surface area contributed by atoms with Gasteiger partial charge in [-0.1, -0.05) is 30.3 Å². The van der Waals surface area contributed by atoms with Crippen LogP contribution in [0.3, 0.4) is 0 Å². The van der Waals surface area contributed by atoms with Gasteiger partial charge in [0.25, 0.3) is 5.91 Å². The van der Waals surface area contributed by atoms with Crippen molar-refractivity contribution >= 4 is 11.7 Å². The van der Waals surface area contributed by atoms with Crippen molar-refractivity contribution < 1.29 is 14.0 Å². The maximum atomic E-state index is 13.5. The van der Waals surface area contributed by atoms with Crippen molar-refractivity contribution in [1.82, 2.24) is 9.80 Å². The number of hydrogen-bond acceptors (Lipinski definition) is 4. The van der Waals surface area contributed by atoms with Crippen molar-refractivity contribution in [3.8, 4) is 0 Å². The summed E-state index contributed by atoms with van der Waals surface area (Å²) in [4.78, 5) is 30.6. The summed E-state index contributed by atoms with van der Waals surface area (Å²) < 4.78 is 5.84. The van der Waals surface area contributed by atoms with E-state index >= 15 is 0 Å². The summed E-state index contributed by atoms with van der Waals surface area (Å²) in [6.45, 7) is 6.68. The van der Waals surface area contributed by atoms with E-state index in [1.807, 2.05) is 11.8 Å². The van der Waals surface area contributed by atoms with Crippen molar-refractivity contribution in [2.75, 3.05) is 32.7 Å². The second-order valence-corrected chi connectivity index (χ2v) is 9.70. The normalized spacial score (nSPS) is 24.0. The van der Waals surface area contributed by atoms with Crippen LogP contribution >= 0.6 is 0 Å². The third-order valence-corrected chi connectivity index (χ3v) is 7.48. The fourth-order valence-electron chi connectivity index (χ4n) is 5.90. The molecule has 1 atom stereocenters. The molecule has 5 nitrogen and oxygen atoms in total. The molecule has 0 saturated carbocycles. The zero-order valence-corrected chi connectivity index (χ0v) is 18.5. The number of nitrogens with zero attached hydrogens (tertiary/aromatic N) is 2. The summed E-state index contributed by atoms with van der Waals surface area (Å²) in [7, 11) is 0. The quantitative estimate of drug-likeness (QED) is 0.741. The number of ketones is 1. The van der Waals surface area contributed by atoms with Crippen LogP contribution in [-0.2, 0) is 12.8 Å². The van der Waals surface area contributed by atoms with Crippen LogP contribution in [0.25, 0.3) is 0 Å². The first-order valence-corrected chi connectivity index (χ1v) is 11.8. The van der Waals surface area contributed by atoms with Crippen molar-refractivity contribution in [2.45, 2.75) is 51.9 Å². The number of fused-ring (bicyclic) bond motifs is 1. The zero-order chi connectivity index (χ0) is 21.4. The van der Waals surface area contributed by atoms with Crippen LogP contribution in [0.1, 0.15) is 69.9 Å². The number of furan rings is 1. The summed E-state index contributed by atoms with van der Waals surface area (Å²) in [6, 6.07) is 10.7. The predicted octanol–water partition coefficient (Wildman–Crippen LogP) is 4.28. The number of Topliss-reactive ketones (excluding diaryl/α,β-unsaturated/α-hetero) is 1. The SMILES string of the molecule is Cc1oc2c(c1C(=O)N1CC[C@@]3(CCCN(CCc4ccccc4)C3)C1)C(=O)CCC2. The Labute approximate surface area is 184 Å². The molecule has 0 bridgehead atoms. The fraction of sp³-hybridized carbons (Fsp3) is 0.538. The Morgan fingerprint density at radius 1 is 1.06 bits per heavy atom. The first-order chi connectivity index (χ1) is 15.0. The molecular weight excluding hydrogens is 388 g/mol. The molecule has 0 unspecified atom stereocenters. The molecule has 0 radical (unpaired) electrons. The first kappa shape index (κ1) is 20.5. The van der Waals surface area contributed by atoms with Crippen LogP contribution in [0.4, 0.5) is 0 Å². The minimum absolute atomic E-state index is 0.00367. The van der Waals surface area contributed by atoms with Gasteiger partial charge < -0.3 is 14.2 Å². The average Bonchev–Trinajstić information content (AvgIpc) is 3.34. The maximum absolute atomic E-state index is 13.5. The third-order valence-electron chi connectivity index (χ3n) is 7.48. The molecular formula is C26H32N2O3. The van der Waals surface area contributed by atoms with E-state index in [-0.39, 0.29) is 17.1 Å². The van der Waals surface area contributed by atoms with Crippen molar-refractivity contribution in [3.05, 3.63) is 58.5 Å².